The van der Waals surface area contributed by atoms with E-state index in [9.17, 15) is 4.79 Å². The Kier molecular flexibility index (Phi) is 5.90. The fourth-order valence-corrected chi connectivity index (χ4v) is 4.25. The Labute approximate surface area is 166 Å². The minimum Gasteiger partial charge on any atom is -0.369 e. The molecule has 0 bridgehead atoms. The molecule has 4 rings (SSSR count). The average Bonchev–Trinajstić information content (AvgIpc) is 3.04. The number of hydrogen-bond acceptors (Lipinski definition) is 5. The van der Waals surface area contributed by atoms with Crippen molar-refractivity contribution in [3.63, 3.8) is 0 Å². The van der Waals surface area contributed by atoms with Gasteiger partial charge in [0.15, 0.2) is 0 Å². The highest BCUT2D eigenvalue weighted by Gasteiger charge is 2.22. The molecule has 0 aromatic carbocycles. The van der Waals surface area contributed by atoms with Crippen molar-refractivity contribution in [1.29, 1.82) is 0 Å². The Balaban J connectivity index is 1.34. The monoisotopic (exact) mass is 382 g/mol. The third-order valence-electron chi connectivity index (χ3n) is 5.85. The van der Waals surface area contributed by atoms with Gasteiger partial charge < -0.3 is 15.1 Å². The smallest absolute Gasteiger partial charge is 0.244 e. The van der Waals surface area contributed by atoms with Gasteiger partial charge in [0.25, 0.3) is 0 Å². The van der Waals surface area contributed by atoms with E-state index in [1.165, 1.54) is 24.1 Å². The Hall–Kier alpha value is -2.41. The van der Waals surface area contributed by atoms with Crippen LogP contribution in [0.2, 0.25) is 0 Å². The second-order valence-electron chi connectivity index (χ2n) is 7.87. The maximum absolute atomic E-state index is 12.8. The normalized spacial score (nSPS) is 20.8. The van der Waals surface area contributed by atoms with E-state index in [-0.39, 0.29) is 5.91 Å². The molecule has 0 radical (unpaired) electrons. The van der Waals surface area contributed by atoms with Gasteiger partial charge in [-0.1, -0.05) is 0 Å². The van der Waals surface area contributed by atoms with E-state index in [0.29, 0.717) is 12.5 Å². The van der Waals surface area contributed by atoms with Gasteiger partial charge in [-0.05, 0) is 50.4 Å². The van der Waals surface area contributed by atoms with E-state index in [4.69, 9.17) is 0 Å². The molecule has 2 aromatic heterocycles. The largest absolute Gasteiger partial charge is 0.369 e. The summed E-state index contributed by atoms with van der Waals surface area (Å²) in [5, 5.41) is 8.11. The van der Waals surface area contributed by atoms with Crippen LogP contribution in [-0.2, 0) is 11.3 Å². The van der Waals surface area contributed by atoms with Crippen LogP contribution in [-0.4, -0.2) is 64.8 Å². The molecule has 150 valence electrons. The van der Waals surface area contributed by atoms with Crippen LogP contribution in [0.5, 0.6) is 0 Å². The molecule has 7 heteroatoms. The Morgan fingerprint density at radius 1 is 1.21 bits per heavy atom. The van der Waals surface area contributed by atoms with Crippen LogP contribution in [0.3, 0.4) is 0 Å². The molecule has 2 aliphatic heterocycles. The summed E-state index contributed by atoms with van der Waals surface area (Å²) in [7, 11) is 0. The summed E-state index contributed by atoms with van der Waals surface area (Å²) in [6.45, 7) is 7.88. The number of hydrogen-bond donors (Lipinski definition) is 1. The van der Waals surface area contributed by atoms with Gasteiger partial charge in [-0.15, -0.1) is 0 Å². The highest BCUT2D eigenvalue weighted by molar-refractivity contribution is 5.76. The number of aryl methyl sites for hydroxylation is 1. The van der Waals surface area contributed by atoms with Gasteiger partial charge in [-0.3, -0.25) is 14.5 Å². The Bertz CT molecular complexity index is 798. The highest BCUT2D eigenvalue weighted by atomic mass is 16.2. The van der Waals surface area contributed by atoms with Gasteiger partial charge >= 0.3 is 0 Å². The van der Waals surface area contributed by atoms with Crippen molar-refractivity contribution in [2.24, 2.45) is 0 Å². The number of nitrogens with one attached hydrogen (secondary N) is 1. The summed E-state index contributed by atoms with van der Waals surface area (Å²) in [6.07, 6.45) is 9.04. The van der Waals surface area contributed by atoms with E-state index >= 15 is 0 Å². The highest BCUT2D eigenvalue weighted by Crippen LogP contribution is 2.22. The molecule has 7 nitrogen and oxygen atoms in total. The molecule has 4 heterocycles. The second-order valence-corrected chi connectivity index (χ2v) is 7.87. The van der Waals surface area contributed by atoms with E-state index < -0.39 is 0 Å². The van der Waals surface area contributed by atoms with E-state index in [1.807, 2.05) is 28.2 Å². The third kappa shape index (κ3) is 4.35. The van der Waals surface area contributed by atoms with Crippen LogP contribution in [0.1, 0.15) is 36.4 Å². The van der Waals surface area contributed by atoms with Crippen molar-refractivity contribution < 1.29 is 4.79 Å². The number of anilines is 1. The maximum atomic E-state index is 12.8. The molecule has 0 saturated carbocycles. The van der Waals surface area contributed by atoms with Crippen LogP contribution in [0, 0.1) is 6.92 Å². The van der Waals surface area contributed by atoms with Gasteiger partial charge in [-0.25, -0.2) is 0 Å². The first-order valence-electron chi connectivity index (χ1n) is 10.4. The lowest BCUT2D eigenvalue weighted by Gasteiger charge is -2.25. The van der Waals surface area contributed by atoms with Crippen LogP contribution in [0.4, 0.5) is 5.69 Å². The molecule has 2 aromatic rings. The number of amides is 1. The molecule has 1 amide bonds. The van der Waals surface area contributed by atoms with Crippen LogP contribution < -0.4 is 10.2 Å². The van der Waals surface area contributed by atoms with Crippen molar-refractivity contribution in [2.75, 3.05) is 44.2 Å². The number of nitrogens with zero attached hydrogens (tertiary/aromatic N) is 5. The van der Waals surface area contributed by atoms with Crippen molar-refractivity contribution >= 4 is 11.6 Å². The second kappa shape index (κ2) is 8.73. The first kappa shape index (κ1) is 18.9. The third-order valence-corrected chi connectivity index (χ3v) is 5.85. The summed E-state index contributed by atoms with van der Waals surface area (Å²) in [4.78, 5) is 21.4. The minimum atomic E-state index is 0.157. The number of carbonyl (C=O) groups is 1. The molecular formula is C21H30N6O. The first-order valence-corrected chi connectivity index (χ1v) is 10.4. The molecule has 1 N–H and O–H groups in total. The summed E-state index contributed by atoms with van der Waals surface area (Å²) < 4.78 is 1.81. The molecule has 0 spiro atoms. The van der Waals surface area contributed by atoms with Crippen molar-refractivity contribution in [3.05, 3.63) is 42.0 Å². The van der Waals surface area contributed by atoms with E-state index in [2.05, 4.69) is 39.4 Å². The molecule has 28 heavy (non-hydrogen) atoms. The zero-order chi connectivity index (χ0) is 19.3. The molecule has 2 fully saturated rings. The SMILES string of the molecule is Cc1cnccc1N1CCCN(C(=O)Cn2ccc([C@H]3CCCNC3)n2)CC1. The molecule has 0 unspecified atom stereocenters. The zero-order valence-electron chi connectivity index (χ0n) is 16.7. The van der Waals surface area contributed by atoms with Crippen LogP contribution in [0.15, 0.2) is 30.7 Å². The number of carbonyl (C=O) groups excluding carboxylic acids is 1. The summed E-state index contributed by atoms with van der Waals surface area (Å²) >= 11 is 0. The summed E-state index contributed by atoms with van der Waals surface area (Å²) in [5.74, 6) is 0.630. The van der Waals surface area contributed by atoms with Crippen LogP contribution >= 0.6 is 0 Å². The molecule has 2 aliphatic rings. The topological polar surface area (TPSA) is 66.3 Å². The van der Waals surface area contributed by atoms with Gasteiger partial charge in [0, 0.05) is 62.9 Å². The number of aromatic nitrogens is 3. The van der Waals surface area contributed by atoms with Gasteiger partial charge in [0.2, 0.25) is 5.91 Å². The lowest BCUT2D eigenvalue weighted by Crippen LogP contribution is -2.37. The van der Waals surface area contributed by atoms with E-state index in [0.717, 1.165) is 51.4 Å². The quantitative estimate of drug-likeness (QED) is 0.873. The Morgan fingerprint density at radius 2 is 2.14 bits per heavy atom. The predicted molar refractivity (Wildman–Crippen MR) is 109 cm³/mol. The lowest BCUT2D eigenvalue weighted by molar-refractivity contribution is -0.131. The van der Waals surface area contributed by atoms with Gasteiger partial charge in [-0.2, -0.15) is 5.10 Å². The standard InChI is InChI=1S/C21H30N6O/c1-17-14-23-8-5-20(17)25-9-3-10-26(13-12-25)21(28)16-27-11-6-19(24-27)18-4-2-7-22-15-18/h5-6,8,11,14,18,22H,2-4,7,9-10,12-13,15-16H2,1H3/t18-/m0/s1. The van der Waals surface area contributed by atoms with Crippen molar-refractivity contribution in [2.45, 2.75) is 38.6 Å². The average molecular weight is 383 g/mol. The maximum Gasteiger partial charge on any atom is 0.244 e. The molecule has 0 aliphatic carbocycles. The first-order chi connectivity index (χ1) is 13.7. The van der Waals surface area contributed by atoms with Gasteiger partial charge in [0.1, 0.15) is 6.54 Å². The van der Waals surface area contributed by atoms with Crippen molar-refractivity contribution in [3.8, 4) is 0 Å². The lowest BCUT2D eigenvalue weighted by atomic mass is 9.97. The molecule has 2 saturated heterocycles. The molecular weight excluding hydrogens is 352 g/mol. The van der Waals surface area contributed by atoms with E-state index in [1.54, 1.807) is 0 Å². The van der Waals surface area contributed by atoms with Gasteiger partial charge in [0.05, 0.1) is 5.69 Å². The fourth-order valence-electron chi connectivity index (χ4n) is 4.25. The minimum absolute atomic E-state index is 0.157. The zero-order valence-corrected chi connectivity index (χ0v) is 16.7. The number of rotatable bonds is 4. The number of piperidine rings is 1. The number of pyridine rings is 1. The van der Waals surface area contributed by atoms with Crippen LogP contribution in [0.25, 0.3) is 0 Å². The molecule has 1 atom stereocenters. The fraction of sp³-hybridized carbons (Fsp3) is 0.571. The summed E-state index contributed by atoms with van der Waals surface area (Å²) in [5.41, 5.74) is 3.51. The Morgan fingerprint density at radius 3 is 2.96 bits per heavy atom. The summed E-state index contributed by atoms with van der Waals surface area (Å²) in [6, 6.07) is 4.14. The predicted octanol–water partition coefficient (Wildman–Crippen LogP) is 1.79. The van der Waals surface area contributed by atoms with Crippen molar-refractivity contribution in [1.82, 2.24) is 25.0 Å².